The highest BCUT2D eigenvalue weighted by Crippen LogP contribution is 2.16. The molecule has 0 radical (unpaired) electrons. The molecule has 1 fully saturated rings. The summed E-state index contributed by atoms with van der Waals surface area (Å²) in [4.78, 5) is 13.1. The van der Waals surface area contributed by atoms with Gasteiger partial charge in [0.15, 0.2) is 0 Å². The summed E-state index contributed by atoms with van der Waals surface area (Å²) in [6.45, 7) is 5.84. The van der Waals surface area contributed by atoms with Crippen LogP contribution in [-0.2, 0) is 4.79 Å². The molecule has 0 bridgehead atoms. The van der Waals surface area contributed by atoms with Crippen LogP contribution in [0.3, 0.4) is 0 Å². The van der Waals surface area contributed by atoms with E-state index in [9.17, 15) is 4.79 Å². The van der Waals surface area contributed by atoms with Crippen molar-refractivity contribution in [2.45, 2.75) is 19.4 Å². The largest absolute Gasteiger partial charge is 0.481 e. The smallest absolute Gasteiger partial charge is 0.307 e. The van der Waals surface area contributed by atoms with Crippen LogP contribution < -0.4 is 11.1 Å². The molecule has 0 spiro atoms. The maximum absolute atomic E-state index is 11.0. The Balaban J connectivity index is 2.51. The van der Waals surface area contributed by atoms with Crippen molar-refractivity contribution in [1.82, 2.24) is 10.2 Å². The zero-order valence-corrected chi connectivity index (χ0v) is 9.28. The van der Waals surface area contributed by atoms with E-state index in [2.05, 4.69) is 10.2 Å². The summed E-state index contributed by atoms with van der Waals surface area (Å²) < 4.78 is 0. The van der Waals surface area contributed by atoms with Crippen LogP contribution in [0.25, 0.3) is 0 Å². The Morgan fingerprint density at radius 1 is 1.60 bits per heavy atom. The second-order valence-corrected chi connectivity index (χ2v) is 4.07. The number of likely N-dealkylation sites (N-methyl/N-ethyl adjacent to an activating group) is 1. The molecule has 1 saturated heterocycles. The minimum Gasteiger partial charge on any atom is -0.481 e. The van der Waals surface area contributed by atoms with E-state index in [-0.39, 0.29) is 12.0 Å². The average molecular weight is 215 g/mol. The minimum atomic E-state index is -0.695. The molecule has 0 amide bonds. The van der Waals surface area contributed by atoms with Crippen LogP contribution >= 0.6 is 0 Å². The van der Waals surface area contributed by atoms with Crippen molar-refractivity contribution in [2.75, 3.05) is 32.7 Å². The molecule has 2 unspecified atom stereocenters. The number of rotatable bonds is 5. The highest BCUT2D eigenvalue weighted by atomic mass is 16.4. The lowest BCUT2D eigenvalue weighted by atomic mass is 9.94. The molecule has 1 heterocycles. The van der Waals surface area contributed by atoms with Crippen LogP contribution in [0.5, 0.6) is 0 Å². The Bertz CT molecular complexity index is 197. The van der Waals surface area contributed by atoms with Crippen LogP contribution in [-0.4, -0.2) is 54.7 Å². The van der Waals surface area contributed by atoms with Gasteiger partial charge < -0.3 is 16.2 Å². The number of nitrogens with two attached hydrogens (primary N) is 1. The van der Waals surface area contributed by atoms with Crippen LogP contribution in [0.1, 0.15) is 13.3 Å². The number of nitrogens with zero attached hydrogens (tertiary/aromatic N) is 1. The van der Waals surface area contributed by atoms with E-state index in [1.165, 1.54) is 0 Å². The van der Waals surface area contributed by atoms with Gasteiger partial charge in [-0.2, -0.15) is 0 Å². The summed E-state index contributed by atoms with van der Waals surface area (Å²) >= 11 is 0. The summed E-state index contributed by atoms with van der Waals surface area (Å²) in [5, 5.41) is 12.3. The van der Waals surface area contributed by atoms with Crippen molar-refractivity contribution in [3.63, 3.8) is 0 Å². The highest BCUT2D eigenvalue weighted by molar-refractivity contribution is 5.70. The van der Waals surface area contributed by atoms with Gasteiger partial charge in [0.1, 0.15) is 0 Å². The summed E-state index contributed by atoms with van der Waals surface area (Å²) in [7, 11) is 0. The standard InChI is InChI=1S/C10H21N3O2/c1-2-12-9-5-8(10(14)15)6-13(7-9)4-3-11/h8-9,12H,2-7,11H2,1H3,(H,14,15). The van der Waals surface area contributed by atoms with E-state index < -0.39 is 5.97 Å². The van der Waals surface area contributed by atoms with Crippen molar-refractivity contribution in [1.29, 1.82) is 0 Å². The first-order valence-corrected chi connectivity index (χ1v) is 5.56. The fraction of sp³-hybridized carbons (Fsp3) is 0.900. The van der Waals surface area contributed by atoms with Crippen molar-refractivity contribution in [3.8, 4) is 0 Å². The van der Waals surface area contributed by atoms with Gasteiger partial charge in [-0.05, 0) is 13.0 Å². The highest BCUT2D eigenvalue weighted by Gasteiger charge is 2.30. The molecule has 0 aromatic heterocycles. The predicted molar refractivity (Wildman–Crippen MR) is 58.7 cm³/mol. The first kappa shape index (κ1) is 12.4. The predicted octanol–water partition coefficient (Wildman–Crippen LogP) is -0.670. The van der Waals surface area contributed by atoms with Gasteiger partial charge in [0, 0.05) is 32.2 Å². The van der Waals surface area contributed by atoms with E-state index in [4.69, 9.17) is 10.8 Å². The summed E-state index contributed by atoms with van der Waals surface area (Å²) in [5.41, 5.74) is 5.49. The molecule has 0 aromatic carbocycles. The van der Waals surface area contributed by atoms with Crippen LogP contribution in [0.2, 0.25) is 0 Å². The normalized spacial score (nSPS) is 27.9. The van der Waals surface area contributed by atoms with Gasteiger partial charge in [0.05, 0.1) is 5.92 Å². The van der Waals surface area contributed by atoms with Gasteiger partial charge >= 0.3 is 5.97 Å². The third kappa shape index (κ3) is 3.77. The number of likely N-dealkylation sites (tertiary alicyclic amines) is 1. The summed E-state index contributed by atoms with van der Waals surface area (Å²) in [6, 6.07) is 0.288. The quantitative estimate of drug-likeness (QED) is 0.567. The number of carboxylic acid groups (broad SMARTS) is 1. The molecule has 1 aliphatic rings. The zero-order valence-electron chi connectivity index (χ0n) is 9.28. The van der Waals surface area contributed by atoms with Crippen LogP contribution in [0.4, 0.5) is 0 Å². The molecule has 2 atom stereocenters. The van der Waals surface area contributed by atoms with E-state index in [0.717, 1.165) is 26.1 Å². The SMILES string of the molecule is CCNC1CC(C(=O)O)CN(CCN)C1. The molecule has 5 heteroatoms. The molecule has 1 aliphatic heterocycles. The fourth-order valence-electron chi connectivity index (χ4n) is 2.17. The van der Waals surface area contributed by atoms with Crippen molar-refractivity contribution < 1.29 is 9.90 Å². The van der Waals surface area contributed by atoms with E-state index >= 15 is 0 Å². The molecule has 0 aromatic rings. The first-order chi connectivity index (χ1) is 7.17. The Hall–Kier alpha value is -0.650. The summed E-state index contributed by atoms with van der Waals surface area (Å²) in [5.74, 6) is -0.950. The number of hydrogen-bond donors (Lipinski definition) is 3. The third-order valence-corrected chi connectivity index (χ3v) is 2.81. The Labute approximate surface area is 90.6 Å². The number of carboxylic acids is 1. The monoisotopic (exact) mass is 215 g/mol. The first-order valence-electron chi connectivity index (χ1n) is 5.56. The van der Waals surface area contributed by atoms with Gasteiger partial charge in [-0.1, -0.05) is 6.92 Å². The fourth-order valence-corrected chi connectivity index (χ4v) is 2.17. The van der Waals surface area contributed by atoms with Crippen molar-refractivity contribution in [3.05, 3.63) is 0 Å². The third-order valence-electron chi connectivity index (χ3n) is 2.81. The number of nitrogens with one attached hydrogen (secondary N) is 1. The second-order valence-electron chi connectivity index (χ2n) is 4.07. The molecule has 0 saturated carbocycles. The lowest BCUT2D eigenvalue weighted by molar-refractivity contribution is -0.144. The number of carbonyl (C=O) groups is 1. The van der Waals surface area contributed by atoms with Gasteiger partial charge in [-0.3, -0.25) is 9.69 Å². The molecular weight excluding hydrogens is 194 g/mol. The molecule has 88 valence electrons. The van der Waals surface area contributed by atoms with Crippen molar-refractivity contribution in [2.24, 2.45) is 11.7 Å². The average Bonchev–Trinajstić information content (AvgIpc) is 2.18. The van der Waals surface area contributed by atoms with Crippen molar-refractivity contribution >= 4 is 5.97 Å². The summed E-state index contributed by atoms with van der Waals surface area (Å²) in [6.07, 6.45) is 0.726. The van der Waals surface area contributed by atoms with Gasteiger partial charge in [0.2, 0.25) is 0 Å². The molecule has 4 N–H and O–H groups in total. The molecule has 0 aliphatic carbocycles. The van der Waals surface area contributed by atoms with Crippen LogP contribution in [0, 0.1) is 5.92 Å². The lowest BCUT2D eigenvalue weighted by Gasteiger charge is -2.36. The number of aliphatic carboxylic acids is 1. The Morgan fingerprint density at radius 2 is 2.33 bits per heavy atom. The van der Waals surface area contributed by atoms with Crippen LogP contribution in [0.15, 0.2) is 0 Å². The lowest BCUT2D eigenvalue weighted by Crippen LogP contribution is -2.51. The number of piperidine rings is 1. The second kappa shape index (κ2) is 6.05. The molecule has 1 rings (SSSR count). The molecule has 5 nitrogen and oxygen atoms in total. The Morgan fingerprint density at radius 3 is 2.87 bits per heavy atom. The zero-order chi connectivity index (χ0) is 11.3. The van der Waals surface area contributed by atoms with E-state index in [1.807, 2.05) is 6.92 Å². The Kier molecular flexibility index (Phi) is 5.01. The minimum absolute atomic E-state index is 0.255. The van der Waals surface area contributed by atoms with Gasteiger partial charge in [-0.15, -0.1) is 0 Å². The topological polar surface area (TPSA) is 78.6 Å². The van der Waals surface area contributed by atoms with Gasteiger partial charge in [-0.25, -0.2) is 0 Å². The van der Waals surface area contributed by atoms with E-state index in [1.54, 1.807) is 0 Å². The van der Waals surface area contributed by atoms with Gasteiger partial charge in [0.25, 0.3) is 0 Å². The maximum Gasteiger partial charge on any atom is 0.307 e. The van der Waals surface area contributed by atoms with E-state index in [0.29, 0.717) is 13.1 Å². The molecular formula is C10H21N3O2. The number of hydrogen-bond acceptors (Lipinski definition) is 4. The molecule has 15 heavy (non-hydrogen) atoms. The maximum atomic E-state index is 11.0.